The van der Waals surface area contributed by atoms with Crippen LogP contribution in [0.1, 0.15) is 69.3 Å². The summed E-state index contributed by atoms with van der Waals surface area (Å²) in [7, 11) is 1.62. The van der Waals surface area contributed by atoms with Crippen LogP contribution in [0.25, 0.3) is 0 Å². The van der Waals surface area contributed by atoms with Crippen LogP contribution < -0.4 is 9.64 Å². The molecule has 2 unspecified atom stereocenters. The Labute approximate surface area is 128 Å². The number of nitrogens with zero attached hydrogens (tertiary/aromatic N) is 1. The number of ether oxygens (including phenoxy) is 1. The molecule has 0 aliphatic carbocycles. The monoisotopic (exact) mass is 289 g/mol. The van der Waals surface area contributed by atoms with E-state index in [0.717, 1.165) is 19.1 Å². The summed E-state index contributed by atoms with van der Waals surface area (Å²) in [6, 6.07) is 4.51. The fraction of sp³-hybridized carbons (Fsp3) is 0.611. The number of methoxy groups -OCH3 is 1. The molecule has 0 amide bonds. The number of anilines is 1. The number of carbonyl (C=O) groups excluding carboxylic acids is 1. The van der Waals surface area contributed by atoms with Crippen molar-refractivity contribution in [3.63, 3.8) is 0 Å². The van der Waals surface area contributed by atoms with Gasteiger partial charge in [-0.3, -0.25) is 4.79 Å². The summed E-state index contributed by atoms with van der Waals surface area (Å²) < 4.78 is 5.41. The van der Waals surface area contributed by atoms with Gasteiger partial charge in [0.1, 0.15) is 5.75 Å². The molecule has 0 fully saturated rings. The molecular weight excluding hydrogens is 262 g/mol. The Morgan fingerprint density at radius 2 is 2.14 bits per heavy atom. The largest absolute Gasteiger partial charge is 0.496 e. The smallest absolute Gasteiger partial charge is 0.153 e. The van der Waals surface area contributed by atoms with Gasteiger partial charge in [0.15, 0.2) is 6.29 Å². The number of hydrogen-bond acceptors (Lipinski definition) is 3. The van der Waals surface area contributed by atoms with E-state index in [1.807, 2.05) is 12.1 Å². The molecular formula is C18H27NO2. The third-order valence-electron chi connectivity index (χ3n) is 4.79. The van der Waals surface area contributed by atoms with E-state index in [4.69, 9.17) is 4.74 Å². The first-order chi connectivity index (χ1) is 9.85. The zero-order valence-electron chi connectivity index (χ0n) is 14.1. The predicted molar refractivity (Wildman–Crippen MR) is 87.7 cm³/mol. The van der Waals surface area contributed by atoms with Gasteiger partial charge in [0.05, 0.1) is 12.7 Å². The number of carbonyl (C=O) groups is 1. The van der Waals surface area contributed by atoms with E-state index >= 15 is 0 Å². The predicted octanol–water partition coefficient (Wildman–Crippen LogP) is 4.40. The molecule has 0 saturated heterocycles. The Balaban J connectivity index is 2.66. The van der Waals surface area contributed by atoms with E-state index in [0.29, 0.717) is 23.3 Å². The minimum Gasteiger partial charge on any atom is -0.496 e. The second-order valence-electron chi connectivity index (χ2n) is 6.82. The molecule has 1 aliphatic rings. The van der Waals surface area contributed by atoms with Crippen LogP contribution in [0, 0.1) is 0 Å². The molecule has 3 nitrogen and oxygen atoms in total. The van der Waals surface area contributed by atoms with Crippen LogP contribution in [0.4, 0.5) is 5.69 Å². The first-order valence-electron chi connectivity index (χ1n) is 7.82. The van der Waals surface area contributed by atoms with Gasteiger partial charge in [0, 0.05) is 23.3 Å². The molecule has 0 aromatic heterocycles. The number of hydrogen-bond donors (Lipinski definition) is 0. The molecule has 1 aromatic carbocycles. The molecule has 0 N–H and O–H groups in total. The molecule has 3 heteroatoms. The Morgan fingerprint density at radius 3 is 2.67 bits per heavy atom. The highest BCUT2D eigenvalue weighted by Crippen LogP contribution is 2.46. The molecule has 0 saturated carbocycles. The van der Waals surface area contributed by atoms with Crippen molar-refractivity contribution >= 4 is 12.0 Å². The van der Waals surface area contributed by atoms with Crippen molar-refractivity contribution in [3.05, 3.63) is 23.3 Å². The number of aldehydes is 1. The van der Waals surface area contributed by atoms with E-state index in [9.17, 15) is 4.79 Å². The van der Waals surface area contributed by atoms with Crippen molar-refractivity contribution in [2.75, 3.05) is 12.0 Å². The molecule has 2 rings (SSSR count). The van der Waals surface area contributed by atoms with Crippen LogP contribution in [-0.2, 0) is 0 Å². The van der Waals surface area contributed by atoms with Gasteiger partial charge in [-0.2, -0.15) is 0 Å². The maximum Gasteiger partial charge on any atom is 0.153 e. The minimum absolute atomic E-state index is 0.107. The maximum atomic E-state index is 11.3. The van der Waals surface area contributed by atoms with Gasteiger partial charge >= 0.3 is 0 Å². The third-order valence-corrected chi connectivity index (χ3v) is 4.79. The van der Waals surface area contributed by atoms with Crippen LogP contribution in [0.5, 0.6) is 5.75 Å². The lowest BCUT2D eigenvalue weighted by Crippen LogP contribution is -2.52. The topological polar surface area (TPSA) is 29.5 Å². The van der Waals surface area contributed by atoms with Crippen LogP contribution in [0.2, 0.25) is 0 Å². The molecule has 0 bridgehead atoms. The zero-order valence-corrected chi connectivity index (χ0v) is 14.1. The molecule has 116 valence electrons. The van der Waals surface area contributed by atoms with Crippen molar-refractivity contribution in [1.82, 2.24) is 0 Å². The Morgan fingerprint density at radius 1 is 1.48 bits per heavy atom. The number of benzene rings is 1. The highest BCUT2D eigenvalue weighted by atomic mass is 16.5. The van der Waals surface area contributed by atoms with Crippen LogP contribution >= 0.6 is 0 Å². The van der Waals surface area contributed by atoms with E-state index in [1.165, 1.54) is 11.3 Å². The Hall–Kier alpha value is -1.51. The zero-order chi connectivity index (χ0) is 15.8. The summed E-state index contributed by atoms with van der Waals surface area (Å²) in [5.41, 5.74) is 3.23. The summed E-state index contributed by atoms with van der Waals surface area (Å²) in [6.45, 7) is 11.3. The fourth-order valence-corrected chi connectivity index (χ4v) is 3.78. The summed E-state index contributed by atoms with van der Waals surface area (Å²) in [6.07, 6.45) is 3.07. The van der Waals surface area contributed by atoms with Crippen LogP contribution in [-0.4, -0.2) is 25.0 Å². The lowest BCUT2D eigenvalue weighted by molar-refractivity contribution is 0.112. The molecule has 1 heterocycles. The third kappa shape index (κ3) is 2.66. The van der Waals surface area contributed by atoms with Crippen molar-refractivity contribution < 1.29 is 9.53 Å². The van der Waals surface area contributed by atoms with Gasteiger partial charge in [-0.25, -0.2) is 0 Å². The highest BCUT2D eigenvalue weighted by molar-refractivity contribution is 5.82. The first kappa shape index (κ1) is 15.9. The van der Waals surface area contributed by atoms with Crippen molar-refractivity contribution in [2.24, 2.45) is 0 Å². The molecule has 0 spiro atoms. The van der Waals surface area contributed by atoms with E-state index < -0.39 is 0 Å². The summed E-state index contributed by atoms with van der Waals surface area (Å²) in [5, 5.41) is 0. The highest BCUT2D eigenvalue weighted by Gasteiger charge is 2.38. The SMILES string of the molecule is CCC(C)N1c2cc(OC)c(C=O)cc2C(C)CC1(C)C. The Kier molecular flexibility index (Phi) is 4.31. The lowest BCUT2D eigenvalue weighted by atomic mass is 9.78. The summed E-state index contributed by atoms with van der Waals surface area (Å²) >= 11 is 0. The van der Waals surface area contributed by atoms with Crippen molar-refractivity contribution in [3.8, 4) is 5.75 Å². The molecule has 0 radical (unpaired) electrons. The summed E-state index contributed by atoms with van der Waals surface area (Å²) in [5.74, 6) is 1.11. The first-order valence-corrected chi connectivity index (χ1v) is 7.82. The van der Waals surface area contributed by atoms with E-state index in [2.05, 4.69) is 39.5 Å². The number of fused-ring (bicyclic) bond motifs is 1. The van der Waals surface area contributed by atoms with Gasteiger partial charge in [0.2, 0.25) is 0 Å². The van der Waals surface area contributed by atoms with Crippen molar-refractivity contribution in [1.29, 1.82) is 0 Å². The van der Waals surface area contributed by atoms with Gasteiger partial charge in [-0.1, -0.05) is 13.8 Å². The molecule has 1 aliphatic heterocycles. The average Bonchev–Trinajstić information content (AvgIpc) is 2.44. The second-order valence-corrected chi connectivity index (χ2v) is 6.82. The van der Waals surface area contributed by atoms with Gasteiger partial charge in [0.25, 0.3) is 0 Å². The van der Waals surface area contributed by atoms with Gasteiger partial charge in [-0.05, 0) is 51.2 Å². The Bertz CT molecular complexity index is 536. The standard InChI is InChI=1S/C18H27NO2/c1-7-13(3)19-16-9-17(21-6)14(11-20)8-15(16)12(2)10-18(19,4)5/h8-9,11-13H,7,10H2,1-6H3. The number of rotatable bonds is 4. The second kappa shape index (κ2) is 5.70. The van der Waals surface area contributed by atoms with E-state index in [-0.39, 0.29) is 5.54 Å². The van der Waals surface area contributed by atoms with Gasteiger partial charge in [-0.15, -0.1) is 0 Å². The average molecular weight is 289 g/mol. The molecule has 1 aromatic rings. The maximum absolute atomic E-state index is 11.3. The van der Waals surface area contributed by atoms with Crippen LogP contribution in [0.15, 0.2) is 12.1 Å². The molecule has 21 heavy (non-hydrogen) atoms. The quantitative estimate of drug-likeness (QED) is 0.769. The normalized spacial score (nSPS) is 21.6. The van der Waals surface area contributed by atoms with Crippen LogP contribution in [0.3, 0.4) is 0 Å². The van der Waals surface area contributed by atoms with E-state index in [1.54, 1.807) is 7.11 Å². The van der Waals surface area contributed by atoms with Gasteiger partial charge < -0.3 is 9.64 Å². The molecule has 2 atom stereocenters. The summed E-state index contributed by atoms with van der Waals surface area (Å²) in [4.78, 5) is 13.8. The minimum atomic E-state index is 0.107. The fourth-order valence-electron chi connectivity index (χ4n) is 3.78. The van der Waals surface area contributed by atoms with Crippen molar-refractivity contribution in [2.45, 2.75) is 65.0 Å². The lowest BCUT2D eigenvalue weighted by Gasteiger charge is -2.50.